The van der Waals surface area contributed by atoms with Gasteiger partial charge in [-0.15, -0.1) is 0 Å². The number of hydrogen-bond acceptors (Lipinski definition) is 4. The first-order valence-electron chi connectivity index (χ1n) is 17.9. The molecule has 9 aromatic carbocycles. The van der Waals surface area contributed by atoms with E-state index in [-0.39, 0.29) is 0 Å². The van der Waals surface area contributed by atoms with E-state index in [1.165, 1.54) is 10.8 Å². The molecule has 11 aromatic rings. The van der Waals surface area contributed by atoms with E-state index in [0.717, 1.165) is 82.1 Å². The van der Waals surface area contributed by atoms with Crippen molar-refractivity contribution in [3.05, 3.63) is 176 Å². The normalized spacial score (nSPS) is 11.8. The second-order valence-corrected chi connectivity index (χ2v) is 13.5. The van der Waals surface area contributed by atoms with Crippen LogP contribution in [0.2, 0.25) is 0 Å². The van der Waals surface area contributed by atoms with Gasteiger partial charge in [-0.1, -0.05) is 164 Å². The average molecular weight is 676 g/mol. The summed E-state index contributed by atoms with van der Waals surface area (Å²) in [6.07, 6.45) is 0. The van der Waals surface area contributed by atoms with E-state index in [4.69, 9.17) is 19.4 Å². The molecule has 0 unspecified atom stereocenters. The van der Waals surface area contributed by atoms with Gasteiger partial charge in [0, 0.05) is 38.2 Å². The van der Waals surface area contributed by atoms with Crippen molar-refractivity contribution in [1.29, 1.82) is 0 Å². The van der Waals surface area contributed by atoms with Crippen LogP contribution in [0.25, 0.3) is 110 Å². The molecule has 0 saturated carbocycles. The van der Waals surface area contributed by atoms with E-state index < -0.39 is 0 Å². The van der Waals surface area contributed by atoms with E-state index >= 15 is 0 Å². The molecule has 0 atom stereocenters. The smallest absolute Gasteiger partial charge is 0.164 e. The summed E-state index contributed by atoms with van der Waals surface area (Å²) >= 11 is 0. The quantitative estimate of drug-likeness (QED) is 0.174. The van der Waals surface area contributed by atoms with Crippen LogP contribution in [0, 0.1) is 0 Å². The highest BCUT2D eigenvalue weighted by molar-refractivity contribution is 6.30. The first-order valence-corrected chi connectivity index (χ1v) is 17.9. The highest BCUT2D eigenvalue weighted by Gasteiger charge is 2.21. The second-order valence-electron chi connectivity index (χ2n) is 13.5. The van der Waals surface area contributed by atoms with Crippen molar-refractivity contribution >= 4 is 65.0 Å². The number of hydrogen-bond donors (Lipinski definition) is 0. The molecule has 0 saturated heterocycles. The first kappa shape index (κ1) is 29.5. The van der Waals surface area contributed by atoms with Gasteiger partial charge in [0.05, 0.1) is 0 Å². The maximum absolute atomic E-state index is 7.04. The Bertz CT molecular complexity index is 3160. The molecular weight excluding hydrogens is 647 g/mol. The molecule has 2 heterocycles. The summed E-state index contributed by atoms with van der Waals surface area (Å²) < 4.78 is 7.04. The van der Waals surface area contributed by atoms with Crippen molar-refractivity contribution < 1.29 is 4.42 Å². The number of rotatable bonds is 4. The molecule has 2 aromatic heterocycles. The first-order chi connectivity index (χ1) is 26.3. The molecular formula is C49H29N3O. The number of aromatic nitrogens is 3. The van der Waals surface area contributed by atoms with Gasteiger partial charge in [-0.25, -0.2) is 15.0 Å². The minimum Gasteiger partial charge on any atom is -0.455 e. The van der Waals surface area contributed by atoms with Gasteiger partial charge >= 0.3 is 0 Å². The molecule has 0 aliphatic heterocycles. The average Bonchev–Trinajstić information content (AvgIpc) is 3.64. The molecule has 4 heteroatoms. The van der Waals surface area contributed by atoms with E-state index in [0.29, 0.717) is 17.5 Å². The van der Waals surface area contributed by atoms with Crippen molar-refractivity contribution in [3.63, 3.8) is 0 Å². The van der Waals surface area contributed by atoms with Gasteiger partial charge < -0.3 is 4.42 Å². The zero-order valence-corrected chi connectivity index (χ0v) is 28.5. The number of nitrogens with zero attached hydrogens (tertiary/aromatic N) is 3. The third-order valence-corrected chi connectivity index (χ3v) is 10.5. The molecule has 0 N–H and O–H groups in total. The lowest BCUT2D eigenvalue weighted by Crippen LogP contribution is -2.00. The third kappa shape index (κ3) is 4.66. The Hall–Kier alpha value is -7.17. The molecule has 0 radical (unpaired) electrons. The monoisotopic (exact) mass is 675 g/mol. The van der Waals surface area contributed by atoms with Gasteiger partial charge in [-0.05, 0) is 55.6 Å². The van der Waals surface area contributed by atoms with E-state index in [1.807, 2.05) is 60.7 Å². The SMILES string of the molecule is c1ccc(-c2nc(-c3ccccc3)nc(-c3cccc4c(-c5cc6ccc7ccccc7c6c6oc7c8ccccc8ccc7c56)cccc34)n2)cc1. The zero-order valence-electron chi connectivity index (χ0n) is 28.5. The molecule has 4 nitrogen and oxygen atoms in total. The number of furan rings is 1. The van der Waals surface area contributed by atoms with Crippen LogP contribution in [-0.4, -0.2) is 15.0 Å². The van der Waals surface area contributed by atoms with Crippen LogP contribution in [0.3, 0.4) is 0 Å². The lowest BCUT2D eigenvalue weighted by molar-refractivity contribution is 0.677. The van der Waals surface area contributed by atoms with Gasteiger partial charge in [0.15, 0.2) is 17.5 Å². The van der Waals surface area contributed by atoms with Crippen LogP contribution in [0.1, 0.15) is 0 Å². The van der Waals surface area contributed by atoms with Gasteiger partial charge in [0.1, 0.15) is 11.2 Å². The van der Waals surface area contributed by atoms with E-state index in [9.17, 15) is 0 Å². The maximum atomic E-state index is 7.04. The predicted octanol–water partition coefficient (Wildman–Crippen LogP) is 13.1. The molecule has 53 heavy (non-hydrogen) atoms. The van der Waals surface area contributed by atoms with Crippen LogP contribution in [0.5, 0.6) is 0 Å². The van der Waals surface area contributed by atoms with Crippen molar-refractivity contribution in [2.24, 2.45) is 0 Å². The van der Waals surface area contributed by atoms with Crippen molar-refractivity contribution in [2.75, 3.05) is 0 Å². The molecule has 0 aliphatic rings. The van der Waals surface area contributed by atoms with Crippen LogP contribution in [-0.2, 0) is 0 Å². The fourth-order valence-electron chi connectivity index (χ4n) is 8.04. The van der Waals surface area contributed by atoms with Crippen molar-refractivity contribution in [1.82, 2.24) is 15.0 Å². The highest BCUT2D eigenvalue weighted by Crippen LogP contribution is 2.46. The van der Waals surface area contributed by atoms with Crippen molar-refractivity contribution in [3.8, 4) is 45.3 Å². The summed E-state index contributed by atoms with van der Waals surface area (Å²) in [4.78, 5) is 15.1. The Balaban J connectivity index is 1.21. The Labute approximate surface area is 304 Å². The van der Waals surface area contributed by atoms with Crippen LogP contribution in [0.15, 0.2) is 180 Å². The predicted molar refractivity (Wildman–Crippen MR) is 219 cm³/mol. The summed E-state index contributed by atoms with van der Waals surface area (Å²) in [6.45, 7) is 0. The molecule has 11 rings (SSSR count). The molecule has 0 bridgehead atoms. The van der Waals surface area contributed by atoms with Crippen LogP contribution < -0.4 is 0 Å². The largest absolute Gasteiger partial charge is 0.455 e. The Morgan fingerprint density at radius 1 is 0.302 bits per heavy atom. The van der Waals surface area contributed by atoms with E-state index in [1.54, 1.807) is 0 Å². The Kier molecular flexibility index (Phi) is 6.52. The van der Waals surface area contributed by atoms with Gasteiger partial charge in [-0.2, -0.15) is 0 Å². The van der Waals surface area contributed by atoms with Gasteiger partial charge in [0.25, 0.3) is 0 Å². The number of fused-ring (bicyclic) bond motifs is 10. The van der Waals surface area contributed by atoms with Crippen LogP contribution >= 0.6 is 0 Å². The summed E-state index contributed by atoms with van der Waals surface area (Å²) in [6, 6.07) is 61.5. The second kappa shape index (κ2) is 11.7. The summed E-state index contributed by atoms with van der Waals surface area (Å²) in [5.74, 6) is 1.92. The molecule has 0 aliphatic carbocycles. The summed E-state index contributed by atoms with van der Waals surface area (Å²) in [5, 5.41) is 11.3. The molecule has 0 spiro atoms. The lowest BCUT2D eigenvalue weighted by Gasteiger charge is -2.14. The fraction of sp³-hybridized carbons (Fsp3) is 0. The van der Waals surface area contributed by atoms with E-state index in [2.05, 4.69) is 115 Å². The highest BCUT2D eigenvalue weighted by atomic mass is 16.3. The Morgan fingerprint density at radius 3 is 1.55 bits per heavy atom. The Morgan fingerprint density at radius 2 is 0.830 bits per heavy atom. The third-order valence-electron chi connectivity index (χ3n) is 10.5. The standard InChI is InChI=1S/C49H29N3O/c1-3-15-32(16-4-1)47-50-48(33-17-5-2-6-18-33)52-49(51-47)40-24-12-21-37-38(40)22-11-23-39(37)42-29-34-26-25-30-13-7-9-19-35(30)43(34)46-44(42)41-28-27-31-14-8-10-20-36(31)45(41)53-46/h1-29H. The maximum Gasteiger partial charge on any atom is 0.164 e. The van der Waals surface area contributed by atoms with Gasteiger partial charge in [-0.3, -0.25) is 0 Å². The van der Waals surface area contributed by atoms with Gasteiger partial charge in [0.2, 0.25) is 0 Å². The topological polar surface area (TPSA) is 51.8 Å². The van der Waals surface area contributed by atoms with Crippen molar-refractivity contribution in [2.45, 2.75) is 0 Å². The number of benzene rings is 9. The summed E-state index contributed by atoms with van der Waals surface area (Å²) in [5.41, 5.74) is 6.91. The molecule has 246 valence electrons. The fourth-order valence-corrected chi connectivity index (χ4v) is 8.04. The minimum atomic E-state index is 0.635. The minimum absolute atomic E-state index is 0.635. The molecule has 0 fully saturated rings. The molecule has 0 amide bonds. The summed E-state index contributed by atoms with van der Waals surface area (Å²) in [7, 11) is 0. The van der Waals surface area contributed by atoms with Crippen LogP contribution in [0.4, 0.5) is 0 Å². The zero-order chi connectivity index (χ0) is 34.9. The lowest BCUT2D eigenvalue weighted by atomic mass is 9.89.